The van der Waals surface area contributed by atoms with Gasteiger partial charge in [0.1, 0.15) is 11.5 Å². The fourth-order valence-electron chi connectivity index (χ4n) is 1.88. The molecule has 0 amide bonds. The molecule has 2 rings (SSSR count). The molecule has 0 aliphatic heterocycles. The van der Waals surface area contributed by atoms with Crippen LogP contribution in [0.1, 0.15) is 5.56 Å². The molecule has 0 aliphatic rings. The van der Waals surface area contributed by atoms with Crippen molar-refractivity contribution < 1.29 is 18.7 Å². The number of ether oxygens (including phenoxy) is 3. The lowest BCUT2D eigenvalue weighted by Crippen LogP contribution is -1.97. The van der Waals surface area contributed by atoms with Crippen molar-refractivity contribution in [3.8, 4) is 22.8 Å². The van der Waals surface area contributed by atoms with Crippen LogP contribution in [0.5, 0.6) is 11.5 Å². The molecule has 0 bridgehead atoms. The molecule has 1 aromatic heterocycles. The highest BCUT2D eigenvalue weighted by atomic mass is 16.5. The van der Waals surface area contributed by atoms with Gasteiger partial charge in [0.25, 0.3) is 0 Å². The number of benzene rings is 1. The van der Waals surface area contributed by atoms with Crippen molar-refractivity contribution in [3.63, 3.8) is 0 Å². The van der Waals surface area contributed by atoms with E-state index in [1.807, 2.05) is 6.07 Å². The Bertz CT molecular complexity index is 566. The number of rotatable bonds is 5. The number of aromatic nitrogens is 1. The van der Waals surface area contributed by atoms with Crippen LogP contribution in [0.2, 0.25) is 0 Å². The third kappa shape index (κ3) is 2.63. The topological polar surface area (TPSA) is 79.7 Å². The van der Waals surface area contributed by atoms with E-state index in [-0.39, 0.29) is 0 Å². The molecule has 0 saturated heterocycles. The number of nitrogens with zero attached hydrogens (tertiary/aromatic N) is 1. The van der Waals surface area contributed by atoms with Crippen LogP contribution < -0.4 is 15.2 Å². The molecule has 0 radical (unpaired) electrons. The lowest BCUT2D eigenvalue weighted by molar-refractivity contribution is 0.184. The molecule has 0 atom stereocenters. The van der Waals surface area contributed by atoms with Crippen LogP contribution in [0, 0.1) is 0 Å². The maximum atomic E-state index is 5.59. The number of nitrogens with two attached hydrogens (primary N) is 1. The number of nitrogen functional groups attached to an aromatic ring is 1. The first kappa shape index (κ1) is 13.2. The Balaban J connectivity index is 2.61. The van der Waals surface area contributed by atoms with Gasteiger partial charge in [-0.05, 0) is 11.6 Å². The van der Waals surface area contributed by atoms with Gasteiger partial charge in [-0.3, -0.25) is 0 Å². The van der Waals surface area contributed by atoms with E-state index in [1.54, 1.807) is 33.5 Å². The fourth-order valence-corrected chi connectivity index (χ4v) is 1.88. The van der Waals surface area contributed by atoms with Crippen LogP contribution in [-0.2, 0) is 11.3 Å². The molecule has 6 nitrogen and oxygen atoms in total. The first-order valence-corrected chi connectivity index (χ1v) is 5.66. The molecule has 19 heavy (non-hydrogen) atoms. The SMILES string of the molecule is COCc1cc(OC)cc(OC)c1-c1cc(N)no1. The minimum absolute atomic E-state index is 0.316. The van der Waals surface area contributed by atoms with Gasteiger partial charge in [0.15, 0.2) is 11.6 Å². The zero-order valence-corrected chi connectivity index (χ0v) is 11.1. The van der Waals surface area contributed by atoms with Crippen LogP contribution in [0.3, 0.4) is 0 Å². The van der Waals surface area contributed by atoms with E-state index in [9.17, 15) is 0 Å². The van der Waals surface area contributed by atoms with Crippen molar-refractivity contribution in [1.82, 2.24) is 5.16 Å². The second-order valence-corrected chi connectivity index (χ2v) is 3.91. The zero-order valence-electron chi connectivity index (χ0n) is 11.1. The summed E-state index contributed by atoms with van der Waals surface area (Å²) < 4.78 is 21.0. The van der Waals surface area contributed by atoms with E-state index in [0.29, 0.717) is 29.7 Å². The molecule has 0 aliphatic carbocycles. The highest BCUT2D eigenvalue weighted by molar-refractivity contribution is 5.72. The quantitative estimate of drug-likeness (QED) is 0.890. The maximum absolute atomic E-state index is 5.59. The van der Waals surface area contributed by atoms with Gasteiger partial charge in [-0.1, -0.05) is 5.16 Å². The van der Waals surface area contributed by atoms with Crippen LogP contribution in [0.25, 0.3) is 11.3 Å². The molecular formula is C13H16N2O4. The highest BCUT2D eigenvalue weighted by Gasteiger charge is 2.18. The van der Waals surface area contributed by atoms with Crippen LogP contribution in [0.15, 0.2) is 22.7 Å². The van der Waals surface area contributed by atoms with Gasteiger partial charge >= 0.3 is 0 Å². The van der Waals surface area contributed by atoms with Crippen molar-refractivity contribution in [2.24, 2.45) is 0 Å². The summed E-state index contributed by atoms with van der Waals surface area (Å²) in [6, 6.07) is 5.27. The highest BCUT2D eigenvalue weighted by Crippen LogP contribution is 2.38. The standard InChI is InChI=1S/C13H16N2O4/c1-16-7-8-4-9(17-2)5-10(18-3)13(8)11-6-12(14)15-19-11/h4-6H,7H2,1-3H3,(H2,14,15). The van der Waals surface area contributed by atoms with E-state index < -0.39 is 0 Å². The van der Waals surface area contributed by atoms with E-state index in [4.69, 9.17) is 24.5 Å². The molecule has 1 heterocycles. The van der Waals surface area contributed by atoms with Gasteiger partial charge in [-0.2, -0.15) is 0 Å². The van der Waals surface area contributed by atoms with Gasteiger partial charge in [0.05, 0.1) is 26.4 Å². The monoisotopic (exact) mass is 264 g/mol. The van der Waals surface area contributed by atoms with Crippen molar-refractivity contribution in [1.29, 1.82) is 0 Å². The van der Waals surface area contributed by atoms with Gasteiger partial charge in [-0.25, -0.2) is 0 Å². The Morgan fingerprint density at radius 1 is 1.16 bits per heavy atom. The summed E-state index contributed by atoms with van der Waals surface area (Å²) in [6.07, 6.45) is 0. The largest absolute Gasteiger partial charge is 0.497 e. The van der Waals surface area contributed by atoms with Crippen molar-refractivity contribution >= 4 is 5.82 Å². The average Bonchev–Trinajstić information content (AvgIpc) is 2.84. The lowest BCUT2D eigenvalue weighted by Gasteiger charge is -2.13. The molecule has 0 fully saturated rings. The Labute approximate surface area is 111 Å². The number of methoxy groups -OCH3 is 3. The molecule has 2 N–H and O–H groups in total. The molecule has 2 aromatic rings. The summed E-state index contributed by atoms with van der Waals surface area (Å²) in [5.41, 5.74) is 7.21. The molecule has 1 aromatic carbocycles. The third-order valence-electron chi connectivity index (χ3n) is 2.69. The number of anilines is 1. The first-order chi connectivity index (χ1) is 9.19. The molecule has 0 spiro atoms. The minimum atomic E-state index is 0.316. The summed E-state index contributed by atoms with van der Waals surface area (Å²) in [6.45, 7) is 0.392. The van der Waals surface area contributed by atoms with Crippen LogP contribution >= 0.6 is 0 Å². The molecule has 0 saturated carbocycles. The molecule has 6 heteroatoms. The Morgan fingerprint density at radius 3 is 2.47 bits per heavy atom. The van der Waals surface area contributed by atoms with E-state index in [1.165, 1.54) is 0 Å². The van der Waals surface area contributed by atoms with Crippen LogP contribution in [0.4, 0.5) is 5.82 Å². The minimum Gasteiger partial charge on any atom is -0.497 e. The zero-order chi connectivity index (χ0) is 13.8. The second kappa shape index (κ2) is 5.62. The number of hydrogen-bond donors (Lipinski definition) is 1. The van der Waals surface area contributed by atoms with Gasteiger partial charge in [-0.15, -0.1) is 0 Å². The summed E-state index contributed by atoms with van der Waals surface area (Å²) in [4.78, 5) is 0. The van der Waals surface area contributed by atoms with Gasteiger partial charge in [0, 0.05) is 19.2 Å². The first-order valence-electron chi connectivity index (χ1n) is 5.66. The van der Waals surface area contributed by atoms with Crippen molar-refractivity contribution in [2.45, 2.75) is 6.61 Å². The molecule has 0 unspecified atom stereocenters. The predicted molar refractivity (Wildman–Crippen MR) is 70.2 cm³/mol. The maximum Gasteiger partial charge on any atom is 0.173 e. The smallest absolute Gasteiger partial charge is 0.173 e. The second-order valence-electron chi connectivity index (χ2n) is 3.91. The van der Waals surface area contributed by atoms with Gasteiger partial charge < -0.3 is 24.5 Å². The summed E-state index contributed by atoms with van der Waals surface area (Å²) in [5.74, 6) is 2.14. The summed E-state index contributed by atoms with van der Waals surface area (Å²) in [5, 5.41) is 3.69. The molecular weight excluding hydrogens is 248 g/mol. The van der Waals surface area contributed by atoms with E-state index in [0.717, 1.165) is 11.1 Å². The predicted octanol–water partition coefficient (Wildman–Crippen LogP) is 2.09. The normalized spacial score (nSPS) is 10.5. The fraction of sp³-hybridized carbons (Fsp3) is 0.308. The van der Waals surface area contributed by atoms with Gasteiger partial charge in [0.2, 0.25) is 0 Å². The Hall–Kier alpha value is -2.21. The Kier molecular flexibility index (Phi) is 3.91. The lowest BCUT2D eigenvalue weighted by atomic mass is 10.0. The van der Waals surface area contributed by atoms with E-state index >= 15 is 0 Å². The summed E-state index contributed by atoms with van der Waals surface area (Å²) in [7, 11) is 4.79. The van der Waals surface area contributed by atoms with Crippen molar-refractivity contribution in [3.05, 3.63) is 23.8 Å². The summed E-state index contributed by atoms with van der Waals surface area (Å²) >= 11 is 0. The third-order valence-corrected chi connectivity index (χ3v) is 2.69. The number of hydrogen-bond acceptors (Lipinski definition) is 6. The average molecular weight is 264 g/mol. The molecule has 102 valence electrons. The van der Waals surface area contributed by atoms with Crippen LogP contribution in [-0.4, -0.2) is 26.5 Å². The van der Waals surface area contributed by atoms with Crippen molar-refractivity contribution in [2.75, 3.05) is 27.1 Å². The Morgan fingerprint density at radius 2 is 1.95 bits per heavy atom. The van der Waals surface area contributed by atoms with E-state index in [2.05, 4.69) is 5.16 Å².